The summed E-state index contributed by atoms with van der Waals surface area (Å²) >= 11 is 1.89. The summed E-state index contributed by atoms with van der Waals surface area (Å²) in [4.78, 5) is 10.1. The maximum absolute atomic E-state index is 13.8. The van der Waals surface area contributed by atoms with Gasteiger partial charge >= 0.3 is 5.69 Å². The van der Waals surface area contributed by atoms with E-state index in [9.17, 15) is 14.5 Å². The highest BCUT2D eigenvalue weighted by molar-refractivity contribution is 7.99. The third-order valence-corrected chi connectivity index (χ3v) is 4.30. The Kier molecular flexibility index (Phi) is 4.47. The fraction of sp³-hybridized carbons (Fsp3) is 0.500. The van der Waals surface area contributed by atoms with Crippen molar-refractivity contribution in [3.05, 3.63) is 28.1 Å². The number of methoxy groups -OCH3 is 1. The highest BCUT2D eigenvalue weighted by Crippen LogP contribution is 2.32. The van der Waals surface area contributed by atoms with E-state index in [4.69, 9.17) is 4.74 Å². The Morgan fingerprint density at radius 1 is 1.63 bits per heavy atom. The first-order valence-corrected chi connectivity index (χ1v) is 7.11. The van der Waals surface area contributed by atoms with E-state index < -0.39 is 10.7 Å². The topological polar surface area (TPSA) is 64.4 Å². The molecule has 7 heteroatoms. The molecular formula is C12H15FN2O3S. The Labute approximate surface area is 114 Å². The highest BCUT2D eigenvalue weighted by atomic mass is 32.2. The number of hydrogen-bond acceptors (Lipinski definition) is 5. The molecule has 19 heavy (non-hydrogen) atoms. The van der Waals surface area contributed by atoms with Gasteiger partial charge in [0.25, 0.3) is 0 Å². The lowest BCUT2D eigenvalue weighted by Gasteiger charge is -2.13. The second-order valence-corrected chi connectivity index (χ2v) is 5.52. The van der Waals surface area contributed by atoms with Crippen LogP contribution in [0.15, 0.2) is 12.1 Å². The largest absolute Gasteiger partial charge is 0.490 e. The first-order chi connectivity index (χ1) is 9.11. The highest BCUT2D eigenvalue weighted by Gasteiger charge is 2.20. The summed E-state index contributed by atoms with van der Waals surface area (Å²) in [5.74, 6) is 2.16. The van der Waals surface area contributed by atoms with E-state index in [1.165, 1.54) is 13.2 Å². The lowest BCUT2D eigenvalue weighted by Crippen LogP contribution is -2.14. The number of rotatable bonds is 5. The van der Waals surface area contributed by atoms with Crippen molar-refractivity contribution in [1.29, 1.82) is 0 Å². The van der Waals surface area contributed by atoms with Gasteiger partial charge in [-0.15, -0.1) is 0 Å². The SMILES string of the molecule is COc1cc(NCC2CCSC2)c(F)cc1[N+](=O)[O-]. The average Bonchev–Trinajstić information content (AvgIpc) is 2.90. The number of nitro benzene ring substituents is 1. The van der Waals surface area contributed by atoms with Crippen molar-refractivity contribution in [2.75, 3.05) is 30.5 Å². The molecule has 0 aromatic heterocycles. The number of ether oxygens (including phenoxy) is 1. The van der Waals surface area contributed by atoms with Crippen molar-refractivity contribution in [2.24, 2.45) is 5.92 Å². The molecule has 0 aliphatic carbocycles. The van der Waals surface area contributed by atoms with Crippen molar-refractivity contribution < 1.29 is 14.1 Å². The molecule has 1 aromatic carbocycles. The van der Waals surface area contributed by atoms with Crippen LogP contribution in [0.2, 0.25) is 0 Å². The van der Waals surface area contributed by atoms with Gasteiger partial charge in [-0.25, -0.2) is 4.39 Å². The molecule has 0 saturated carbocycles. The quantitative estimate of drug-likeness (QED) is 0.666. The zero-order valence-corrected chi connectivity index (χ0v) is 11.3. The van der Waals surface area contributed by atoms with E-state index in [1.54, 1.807) is 0 Å². The van der Waals surface area contributed by atoms with Crippen molar-refractivity contribution in [3.8, 4) is 5.75 Å². The Hall–Kier alpha value is -1.50. The summed E-state index contributed by atoms with van der Waals surface area (Å²) in [5, 5.41) is 13.8. The smallest absolute Gasteiger partial charge is 0.313 e. The van der Waals surface area contributed by atoms with E-state index in [2.05, 4.69) is 5.32 Å². The van der Waals surface area contributed by atoms with E-state index in [1.807, 2.05) is 11.8 Å². The van der Waals surface area contributed by atoms with Crippen LogP contribution >= 0.6 is 11.8 Å². The molecule has 1 aromatic rings. The number of anilines is 1. The van der Waals surface area contributed by atoms with Gasteiger partial charge in [-0.3, -0.25) is 10.1 Å². The van der Waals surface area contributed by atoms with Crippen LogP contribution in [-0.2, 0) is 0 Å². The number of thioether (sulfide) groups is 1. The van der Waals surface area contributed by atoms with Gasteiger partial charge in [-0.05, 0) is 23.8 Å². The van der Waals surface area contributed by atoms with E-state index in [0.717, 1.165) is 24.0 Å². The minimum absolute atomic E-state index is 0.0645. The van der Waals surface area contributed by atoms with Gasteiger partial charge in [-0.1, -0.05) is 0 Å². The molecule has 5 nitrogen and oxygen atoms in total. The summed E-state index contributed by atoms with van der Waals surface area (Å²) in [7, 11) is 1.33. The first kappa shape index (κ1) is 13.9. The molecule has 0 bridgehead atoms. The Balaban J connectivity index is 2.13. The predicted molar refractivity (Wildman–Crippen MR) is 73.5 cm³/mol. The summed E-state index contributed by atoms with van der Waals surface area (Å²) in [5.41, 5.74) is -0.110. The normalized spacial score (nSPS) is 18.3. The van der Waals surface area contributed by atoms with Crippen molar-refractivity contribution in [1.82, 2.24) is 0 Å². The summed E-state index contributed by atoms with van der Waals surface area (Å²) < 4.78 is 18.7. The number of nitro groups is 1. The maximum atomic E-state index is 13.8. The summed E-state index contributed by atoms with van der Waals surface area (Å²) in [6, 6.07) is 2.24. The van der Waals surface area contributed by atoms with Crippen LogP contribution in [0.3, 0.4) is 0 Å². The number of nitrogens with zero attached hydrogens (tertiary/aromatic N) is 1. The molecule has 1 atom stereocenters. The van der Waals surface area contributed by atoms with Crippen LogP contribution in [0.5, 0.6) is 5.75 Å². The predicted octanol–water partition coefficient (Wildman–Crippen LogP) is 2.91. The zero-order valence-electron chi connectivity index (χ0n) is 10.5. The first-order valence-electron chi connectivity index (χ1n) is 5.95. The Morgan fingerprint density at radius 2 is 2.42 bits per heavy atom. The number of benzene rings is 1. The Morgan fingerprint density at radius 3 is 3.00 bits per heavy atom. The molecule has 1 fully saturated rings. The molecule has 1 aliphatic rings. The molecule has 2 rings (SSSR count). The van der Waals surface area contributed by atoms with Crippen LogP contribution in [0.25, 0.3) is 0 Å². The zero-order chi connectivity index (χ0) is 13.8. The second kappa shape index (κ2) is 6.10. The fourth-order valence-electron chi connectivity index (χ4n) is 1.98. The van der Waals surface area contributed by atoms with Gasteiger partial charge < -0.3 is 10.1 Å². The lowest BCUT2D eigenvalue weighted by atomic mass is 10.1. The van der Waals surface area contributed by atoms with E-state index >= 15 is 0 Å². The van der Waals surface area contributed by atoms with Gasteiger partial charge in [0, 0.05) is 12.6 Å². The molecule has 0 amide bonds. The van der Waals surface area contributed by atoms with Crippen LogP contribution in [0, 0.1) is 21.8 Å². The van der Waals surface area contributed by atoms with E-state index in [0.29, 0.717) is 12.5 Å². The average molecular weight is 286 g/mol. The van der Waals surface area contributed by atoms with Gasteiger partial charge in [0.15, 0.2) is 11.6 Å². The molecule has 1 aliphatic heterocycles. The molecule has 1 unspecified atom stereocenters. The third kappa shape index (κ3) is 3.28. The van der Waals surface area contributed by atoms with Crippen molar-refractivity contribution in [2.45, 2.75) is 6.42 Å². The molecular weight excluding hydrogens is 271 g/mol. The van der Waals surface area contributed by atoms with Crippen LogP contribution in [0.1, 0.15) is 6.42 Å². The Bertz CT molecular complexity index is 478. The molecule has 104 valence electrons. The molecule has 1 heterocycles. The second-order valence-electron chi connectivity index (χ2n) is 4.37. The fourth-order valence-corrected chi connectivity index (χ4v) is 3.27. The van der Waals surface area contributed by atoms with Crippen molar-refractivity contribution in [3.63, 3.8) is 0 Å². The monoisotopic (exact) mass is 286 g/mol. The van der Waals surface area contributed by atoms with Gasteiger partial charge in [0.05, 0.1) is 23.8 Å². The summed E-state index contributed by atoms with van der Waals surface area (Å²) in [6.07, 6.45) is 1.11. The minimum atomic E-state index is -0.653. The third-order valence-electron chi connectivity index (χ3n) is 3.07. The standard InChI is InChI=1S/C12H15FN2O3S/c1-18-12-5-10(9(13)4-11(12)15(16)17)14-6-8-2-3-19-7-8/h4-5,8,14H,2-3,6-7H2,1H3. The molecule has 1 saturated heterocycles. The van der Waals surface area contributed by atoms with Gasteiger partial charge in [-0.2, -0.15) is 11.8 Å². The van der Waals surface area contributed by atoms with Crippen LogP contribution in [0.4, 0.5) is 15.8 Å². The number of hydrogen-bond donors (Lipinski definition) is 1. The molecule has 0 spiro atoms. The van der Waals surface area contributed by atoms with Gasteiger partial charge in [0.1, 0.15) is 0 Å². The van der Waals surface area contributed by atoms with Crippen LogP contribution in [-0.4, -0.2) is 30.1 Å². The number of nitrogens with one attached hydrogen (secondary N) is 1. The van der Waals surface area contributed by atoms with Gasteiger partial charge in [0.2, 0.25) is 0 Å². The molecule has 0 radical (unpaired) electrons. The molecule has 1 N–H and O–H groups in total. The van der Waals surface area contributed by atoms with Crippen molar-refractivity contribution >= 4 is 23.1 Å². The van der Waals surface area contributed by atoms with E-state index in [-0.39, 0.29) is 17.1 Å². The minimum Gasteiger partial charge on any atom is -0.490 e. The lowest BCUT2D eigenvalue weighted by molar-refractivity contribution is -0.385. The number of halogens is 1. The summed E-state index contributed by atoms with van der Waals surface area (Å²) in [6.45, 7) is 0.672. The van der Waals surface area contributed by atoms with Crippen LogP contribution < -0.4 is 10.1 Å². The maximum Gasteiger partial charge on any atom is 0.313 e.